The van der Waals surface area contributed by atoms with Crippen molar-refractivity contribution >= 4 is 11.9 Å². The first-order valence-corrected chi connectivity index (χ1v) is 8.20. The summed E-state index contributed by atoms with van der Waals surface area (Å²) in [4.78, 5) is 25.4. The van der Waals surface area contributed by atoms with Gasteiger partial charge in [0, 0.05) is 30.6 Å². The molecule has 1 saturated heterocycles. The van der Waals surface area contributed by atoms with Crippen LogP contribution in [0.4, 0.5) is 0 Å². The van der Waals surface area contributed by atoms with E-state index in [2.05, 4.69) is 0 Å². The lowest BCUT2D eigenvalue weighted by atomic mass is 9.93. The summed E-state index contributed by atoms with van der Waals surface area (Å²) in [5, 5.41) is 8.83. The molecule has 132 valence electrons. The van der Waals surface area contributed by atoms with E-state index in [0.717, 1.165) is 18.4 Å². The molecule has 0 aromatic heterocycles. The summed E-state index contributed by atoms with van der Waals surface area (Å²) in [6, 6.07) is 3.47. The number of hydrogen-bond donors (Lipinski definition) is 1. The Hall–Kier alpha value is -2.24. The Morgan fingerprint density at radius 2 is 1.88 bits per heavy atom. The molecular weight excluding hydrogens is 310 g/mol. The van der Waals surface area contributed by atoms with Crippen molar-refractivity contribution in [2.45, 2.75) is 32.6 Å². The number of benzene rings is 1. The van der Waals surface area contributed by atoms with Gasteiger partial charge in [0.25, 0.3) is 5.91 Å². The SMILES string of the molecule is COc1cc(C(=O)N2CCC[C@H](CCC(=O)O)C2)cc(OC)c1C. The minimum atomic E-state index is -0.786. The average molecular weight is 335 g/mol. The Morgan fingerprint density at radius 3 is 2.42 bits per heavy atom. The summed E-state index contributed by atoms with van der Waals surface area (Å²) >= 11 is 0. The highest BCUT2D eigenvalue weighted by molar-refractivity contribution is 5.95. The van der Waals surface area contributed by atoms with Gasteiger partial charge in [-0.3, -0.25) is 9.59 Å². The monoisotopic (exact) mass is 335 g/mol. The van der Waals surface area contributed by atoms with E-state index in [1.165, 1.54) is 0 Å². The lowest BCUT2D eigenvalue weighted by Gasteiger charge is -2.33. The van der Waals surface area contributed by atoms with E-state index in [1.807, 2.05) is 6.92 Å². The zero-order chi connectivity index (χ0) is 17.7. The maximum absolute atomic E-state index is 12.8. The lowest BCUT2D eigenvalue weighted by Crippen LogP contribution is -2.40. The summed E-state index contributed by atoms with van der Waals surface area (Å²) in [5.74, 6) is 0.639. The van der Waals surface area contributed by atoms with Crippen LogP contribution in [0.1, 0.15) is 41.6 Å². The number of carboxylic acids is 1. The van der Waals surface area contributed by atoms with E-state index in [1.54, 1.807) is 31.3 Å². The fourth-order valence-electron chi connectivity index (χ4n) is 3.20. The van der Waals surface area contributed by atoms with Gasteiger partial charge in [-0.2, -0.15) is 0 Å². The molecule has 1 heterocycles. The van der Waals surface area contributed by atoms with E-state index in [0.29, 0.717) is 36.6 Å². The molecule has 1 aliphatic heterocycles. The second-order valence-electron chi connectivity index (χ2n) is 6.20. The predicted molar refractivity (Wildman–Crippen MR) is 89.8 cm³/mol. The van der Waals surface area contributed by atoms with Crippen LogP contribution in [0.15, 0.2) is 12.1 Å². The van der Waals surface area contributed by atoms with Crippen molar-refractivity contribution in [3.63, 3.8) is 0 Å². The van der Waals surface area contributed by atoms with Crippen LogP contribution >= 0.6 is 0 Å². The van der Waals surface area contributed by atoms with Crippen molar-refractivity contribution in [1.82, 2.24) is 4.90 Å². The first-order chi connectivity index (χ1) is 11.5. The van der Waals surface area contributed by atoms with Gasteiger partial charge in [0.05, 0.1) is 14.2 Å². The highest BCUT2D eigenvalue weighted by atomic mass is 16.5. The van der Waals surface area contributed by atoms with Crippen LogP contribution in [0.2, 0.25) is 0 Å². The number of ether oxygens (including phenoxy) is 2. The van der Waals surface area contributed by atoms with Crippen molar-refractivity contribution in [2.24, 2.45) is 5.92 Å². The molecule has 0 radical (unpaired) electrons. The van der Waals surface area contributed by atoms with Crippen LogP contribution in [0, 0.1) is 12.8 Å². The van der Waals surface area contributed by atoms with Crippen molar-refractivity contribution in [2.75, 3.05) is 27.3 Å². The lowest BCUT2D eigenvalue weighted by molar-refractivity contribution is -0.137. The van der Waals surface area contributed by atoms with Crippen LogP contribution in [0.25, 0.3) is 0 Å². The maximum Gasteiger partial charge on any atom is 0.303 e. The molecule has 0 saturated carbocycles. The minimum absolute atomic E-state index is 0.0633. The molecule has 1 fully saturated rings. The number of carbonyl (C=O) groups is 2. The molecular formula is C18H25NO5. The zero-order valence-corrected chi connectivity index (χ0v) is 14.5. The van der Waals surface area contributed by atoms with Gasteiger partial charge in [-0.25, -0.2) is 0 Å². The number of carbonyl (C=O) groups excluding carboxylic acids is 1. The maximum atomic E-state index is 12.8. The van der Waals surface area contributed by atoms with Gasteiger partial charge in [0.1, 0.15) is 11.5 Å². The minimum Gasteiger partial charge on any atom is -0.496 e. The van der Waals surface area contributed by atoms with Crippen LogP contribution in [-0.2, 0) is 4.79 Å². The molecule has 0 aliphatic carbocycles. The average Bonchev–Trinajstić information content (AvgIpc) is 2.59. The molecule has 0 bridgehead atoms. The van der Waals surface area contributed by atoms with Crippen LogP contribution < -0.4 is 9.47 Å². The number of carboxylic acid groups (broad SMARTS) is 1. The molecule has 0 spiro atoms. The van der Waals surface area contributed by atoms with Crippen molar-refractivity contribution in [3.05, 3.63) is 23.3 Å². The van der Waals surface area contributed by atoms with Gasteiger partial charge in [0.2, 0.25) is 0 Å². The molecule has 1 aliphatic rings. The van der Waals surface area contributed by atoms with Crippen molar-refractivity contribution in [1.29, 1.82) is 0 Å². The first kappa shape index (κ1) is 18.1. The molecule has 1 aromatic carbocycles. The second kappa shape index (κ2) is 8.04. The summed E-state index contributed by atoms with van der Waals surface area (Å²) in [6.45, 7) is 3.18. The van der Waals surface area contributed by atoms with Crippen LogP contribution in [-0.4, -0.2) is 49.2 Å². The number of methoxy groups -OCH3 is 2. The Labute approximate surface area is 142 Å². The summed E-state index contributed by atoms with van der Waals surface area (Å²) < 4.78 is 10.7. The van der Waals surface area contributed by atoms with E-state index >= 15 is 0 Å². The van der Waals surface area contributed by atoms with Gasteiger partial charge in [-0.05, 0) is 44.2 Å². The van der Waals surface area contributed by atoms with E-state index in [-0.39, 0.29) is 18.2 Å². The molecule has 1 amide bonds. The molecule has 1 aromatic rings. The van der Waals surface area contributed by atoms with Gasteiger partial charge >= 0.3 is 5.97 Å². The number of rotatable bonds is 6. The first-order valence-electron chi connectivity index (χ1n) is 8.20. The van der Waals surface area contributed by atoms with E-state index in [9.17, 15) is 9.59 Å². The van der Waals surface area contributed by atoms with Gasteiger partial charge in [-0.15, -0.1) is 0 Å². The number of amides is 1. The van der Waals surface area contributed by atoms with E-state index in [4.69, 9.17) is 14.6 Å². The smallest absolute Gasteiger partial charge is 0.303 e. The van der Waals surface area contributed by atoms with Crippen LogP contribution in [0.3, 0.4) is 0 Å². The molecule has 0 unspecified atom stereocenters. The third-order valence-corrected chi connectivity index (χ3v) is 4.57. The third kappa shape index (κ3) is 4.19. The molecule has 6 nitrogen and oxygen atoms in total. The van der Waals surface area contributed by atoms with Crippen LogP contribution in [0.5, 0.6) is 11.5 Å². The highest BCUT2D eigenvalue weighted by Crippen LogP contribution is 2.31. The zero-order valence-electron chi connectivity index (χ0n) is 14.5. The van der Waals surface area contributed by atoms with Crippen molar-refractivity contribution < 1.29 is 24.2 Å². The Balaban J connectivity index is 2.14. The number of nitrogens with zero attached hydrogens (tertiary/aromatic N) is 1. The van der Waals surface area contributed by atoms with Gasteiger partial charge in [-0.1, -0.05) is 0 Å². The predicted octanol–water partition coefficient (Wildman–Crippen LogP) is 2.73. The molecule has 1 atom stereocenters. The number of piperidine rings is 1. The summed E-state index contributed by atoms with van der Waals surface area (Å²) in [7, 11) is 3.14. The molecule has 2 rings (SSSR count). The fourth-order valence-corrected chi connectivity index (χ4v) is 3.20. The third-order valence-electron chi connectivity index (χ3n) is 4.57. The van der Waals surface area contributed by atoms with Gasteiger partial charge in [0.15, 0.2) is 0 Å². The Morgan fingerprint density at radius 1 is 1.25 bits per heavy atom. The largest absolute Gasteiger partial charge is 0.496 e. The van der Waals surface area contributed by atoms with Gasteiger partial charge < -0.3 is 19.5 Å². The quantitative estimate of drug-likeness (QED) is 0.865. The Bertz CT molecular complexity index is 588. The summed E-state index contributed by atoms with van der Waals surface area (Å²) in [6.07, 6.45) is 2.63. The van der Waals surface area contributed by atoms with Crippen molar-refractivity contribution in [3.8, 4) is 11.5 Å². The van der Waals surface area contributed by atoms with E-state index < -0.39 is 5.97 Å². The molecule has 24 heavy (non-hydrogen) atoms. The highest BCUT2D eigenvalue weighted by Gasteiger charge is 2.26. The number of aliphatic carboxylic acids is 1. The normalized spacial score (nSPS) is 17.5. The standard InChI is InChI=1S/C18H25NO5/c1-12-15(23-2)9-14(10-16(12)24-3)18(22)19-8-4-5-13(11-19)6-7-17(20)21/h9-10,13H,4-8,11H2,1-3H3,(H,20,21)/t13-/m1/s1. The Kier molecular flexibility index (Phi) is 6.06. The second-order valence-corrected chi connectivity index (χ2v) is 6.20. The number of likely N-dealkylation sites (tertiary alicyclic amines) is 1. The molecule has 6 heteroatoms. The number of hydrogen-bond acceptors (Lipinski definition) is 4. The fraction of sp³-hybridized carbons (Fsp3) is 0.556. The molecule has 1 N–H and O–H groups in total. The summed E-state index contributed by atoms with van der Waals surface area (Å²) in [5.41, 5.74) is 1.39. The topological polar surface area (TPSA) is 76.1 Å².